The molecule has 3 amide bonds. The first-order valence-corrected chi connectivity index (χ1v) is 8.61. The normalized spacial score (nSPS) is 19.4. The van der Waals surface area contributed by atoms with Crippen LogP contribution >= 0.6 is 0 Å². The SMILES string of the molecule is Cc1cc(NC(=O)CN2CCN(C(=O)N3CCCCC3)CC2)on1. The topological polar surface area (TPSA) is 81.9 Å². The number of carbonyl (C=O) groups is 2. The second-order valence-corrected chi connectivity index (χ2v) is 6.47. The smallest absolute Gasteiger partial charge is 0.320 e. The fourth-order valence-corrected chi connectivity index (χ4v) is 3.18. The Morgan fingerprint density at radius 1 is 1.08 bits per heavy atom. The van der Waals surface area contributed by atoms with E-state index in [4.69, 9.17) is 4.52 Å². The number of nitrogens with one attached hydrogen (secondary N) is 1. The number of aromatic nitrogens is 1. The third kappa shape index (κ3) is 4.25. The first kappa shape index (κ1) is 16.8. The minimum absolute atomic E-state index is 0.123. The van der Waals surface area contributed by atoms with Crippen LogP contribution in [-0.4, -0.2) is 77.6 Å². The van der Waals surface area contributed by atoms with Gasteiger partial charge in [-0.25, -0.2) is 4.79 Å². The number of amides is 3. The van der Waals surface area contributed by atoms with Crippen molar-refractivity contribution in [2.75, 3.05) is 51.1 Å². The monoisotopic (exact) mass is 335 g/mol. The lowest BCUT2D eigenvalue weighted by Gasteiger charge is -2.38. The molecule has 2 saturated heterocycles. The first-order valence-electron chi connectivity index (χ1n) is 8.61. The number of rotatable bonds is 3. The zero-order valence-electron chi connectivity index (χ0n) is 14.2. The fourth-order valence-electron chi connectivity index (χ4n) is 3.18. The first-order chi connectivity index (χ1) is 11.6. The van der Waals surface area contributed by atoms with E-state index < -0.39 is 0 Å². The molecule has 24 heavy (non-hydrogen) atoms. The molecule has 132 valence electrons. The lowest BCUT2D eigenvalue weighted by molar-refractivity contribution is -0.117. The van der Waals surface area contributed by atoms with E-state index in [-0.39, 0.29) is 11.9 Å². The van der Waals surface area contributed by atoms with Crippen LogP contribution in [0.3, 0.4) is 0 Å². The van der Waals surface area contributed by atoms with E-state index in [1.807, 2.05) is 9.80 Å². The number of aryl methyl sites for hydroxylation is 1. The molecule has 2 aliphatic heterocycles. The number of hydrogen-bond acceptors (Lipinski definition) is 5. The highest BCUT2D eigenvalue weighted by atomic mass is 16.5. The van der Waals surface area contributed by atoms with Gasteiger partial charge >= 0.3 is 6.03 Å². The van der Waals surface area contributed by atoms with Gasteiger partial charge in [0.1, 0.15) is 0 Å². The maximum atomic E-state index is 12.5. The van der Waals surface area contributed by atoms with E-state index in [0.717, 1.165) is 31.6 Å². The quantitative estimate of drug-likeness (QED) is 0.896. The molecule has 3 heterocycles. The molecular formula is C16H25N5O3. The van der Waals surface area contributed by atoms with Gasteiger partial charge in [-0.1, -0.05) is 5.16 Å². The van der Waals surface area contributed by atoms with Crippen molar-refractivity contribution in [3.8, 4) is 0 Å². The average Bonchev–Trinajstić information content (AvgIpc) is 3.00. The molecule has 3 rings (SSSR count). The molecule has 0 atom stereocenters. The van der Waals surface area contributed by atoms with Gasteiger partial charge in [0, 0.05) is 45.3 Å². The number of anilines is 1. The van der Waals surface area contributed by atoms with E-state index in [1.165, 1.54) is 6.42 Å². The summed E-state index contributed by atoms with van der Waals surface area (Å²) in [6, 6.07) is 1.84. The van der Waals surface area contributed by atoms with Gasteiger partial charge in [-0.2, -0.15) is 0 Å². The molecule has 8 nitrogen and oxygen atoms in total. The highest BCUT2D eigenvalue weighted by molar-refractivity contribution is 5.91. The summed E-state index contributed by atoms with van der Waals surface area (Å²) in [7, 11) is 0. The van der Waals surface area contributed by atoms with Gasteiger partial charge in [-0.3, -0.25) is 15.0 Å². The lowest BCUT2D eigenvalue weighted by Crippen LogP contribution is -2.54. The maximum Gasteiger partial charge on any atom is 0.320 e. The van der Waals surface area contributed by atoms with Crippen molar-refractivity contribution >= 4 is 17.8 Å². The molecule has 0 aromatic carbocycles. The molecule has 0 spiro atoms. The van der Waals surface area contributed by atoms with Gasteiger partial charge in [-0.15, -0.1) is 0 Å². The lowest BCUT2D eigenvalue weighted by atomic mass is 10.1. The van der Waals surface area contributed by atoms with Crippen molar-refractivity contribution in [2.24, 2.45) is 0 Å². The summed E-state index contributed by atoms with van der Waals surface area (Å²) in [4.78, 5) is 30.4. The number of carbonyl (C=O) groups excluding carboxylic acids is 2. The maximum absolute atomic E-state index is 12.5. The molecule has 1 aromatic rings. The van der Waals surface area contributed by atoms with Gasteiger partial charge < -0.3 is 14.3 Å². The van der Waals surface area contributed by atoms with Crippen LogP contribution in [0.4, 0.5) is 10.7 Å². The Morgan fingerprint density at radius 2 is 1.75 bits per heavy atom. The molecule has 0 radical (unpaired) electrons. The van der Waals surface area contributed by atoms with Crippen LogP contribution in [0.2, 0.25) is 0 Å². The van der Waals surface area contributed by atoms with Crippen molar-refractivity contribution in [3.63, 3.8) is 0 Å². The van der Waals surface area contributed by atoms with Crippen molar-refractivity contribution in [3.05, 3.63) is 11.8 Å². The summed E-state index contributed by atoms with van der Waals surface area (Å²) in [5, 5.41) is 6.44. The van der Waals surface area contributed by atoms with Crippen LogP contribution in [0.1, 0.15) is 25.0 Å². The van der Waals surface area contributed by atoms with Gasteiger partial charge in [-0.05, 0) is 26.2 Å². The predicted molar refractivity (Wildman–Crippen MR) is 88.7 cm³/mol. The zero-order valence-corrected chi connectivity index (χ0v) is 14.2. The van der Waals surface area contributed by atoms with E-state index in [0.29, 0.717) is 38.6 Å². The van der Waals surface area contributed by atoms with Crippen molar-refractivity contribution < 1.29 is 14.1 Å². The van der Waals surface area contributed by atoms with Crippen LogP contribution in [0.5, 0.6) is 0 Å². The fraction of sp³-hybridized carbons (Fsp3) is 0.688. The van der Waals surface area contributed by atoms with E-state index in [2.05, 4.69) is 15.4 Å². The minimum Gasteiger partial charge on any atom is -0.338 e. The highest BCUT2D eigenvalue weighted by Crippen LogP contribution is 2.13. The molecule has 0 saturated carbocycles. The largest absolute Gasteiger partial charge is 0.338 e. The molecule has 1 N–H and O–H groups in total. The summed E-state index contributed by atoms with van der Waals surface area (Å²) in [6.45, 7) is 6.61. The van der Waals surface area contributed by atoms with Gasteiger partial charge in [0.05, 0.1) is 12.2 Å². The Morgan fingerprint density at radius 3 is 2.38 bits per heavy atom. The van der Waals surface area contributed by atoms with Crippen molar-refractivity contribution in [1.29, 1.82) is 0 Å². The molecular weight excluding hydrogens is 310 g/mol. The molecule has 2 fully saturated rings. The molecule has 0 unspecified atom stereocenters. The van der Waals surface area contributed by atoms with Gasteiger partial charge in [0.15, 0.2) is 0 Å². The minimum atomic E-state index is -0.123. The summed E-state index contributed by atoms with van der Waals surface area (Å²) in [6.07, 6.45) is 3.43. The van der Waals surface area contributed by atoms with E-state index in [1.54, 1.807) is 13.0 Å². The van der Waals surface area contributed by atoms with E-state index >= 15 is 0 Å². The summed E-state index contributed by atoms with van der Waals surface area (Å²) in [5.74, 6) is 0.248. The Labute approximate surface area is 141 Å². The Bertz CT molecular complexity index is 574. The standard InChI is InChI=1S/C16H25N5O3/c1-13-11-15(24-18-13)17-14(22)12-19-7-9-21(10-8-19)16(23)20-5-3-2-4-6-20/h11H,2-10,12H2,1H3,(H,17,22). The molecule has 1 aromatic heterocycles. The van der Waals surface area contributed by atoms with Crippen LogP contribution < -0.4 is 5.32 Å². The summed E-state index contributed by atoms with van der Waals surface area (Å²) in [5.41, 5.74) is 0.732. The number of piperazine rings is 1. The summed E-state index contributed by atoms with van der Waals surface area (Å²) < 4.78 is 4.98. The van der Waals surface area contributed by atoms with Gasteiger partial charge in [0.2, 0.25) is 11.8 Å². The number of piperidine rings is 1. The van der Waals surface area contributed by atoms with Crippen molar-refractivity contribution in [2.45, 2.75) is 26.2 Å². The third-order valence-corrected chi connectivity index (χ3v) is 4.53. The molecule has 0 bridgehead atoms. The van der Waals surface area contributed by atoms with Crippen LogP contribution in [0, 0.1) is 6.92 Å². The Hall–Kier alpha value is -2.09. The van der Waals surface area contributed by atoms with E-state index in [9.17, 15) is 9.59 Å². The Kier molecular flexibility index (Phi) is 5.34. The number of nitrogens with zero attached hydrogens (tertiary/aromatic N) is 4. The van der Waals surface area contributed by atoms with Crippen molar-refractivity contribution in [1.82, 2.24) is 19.9 Å². The third-order valence-electron chi connectivity index (χ3n) is 4.53. The molecule has 8 heteroatoms. The molecule has 2 aliphatic rings. The average molecular weight is 335 g/mol. The van der Waals surface area contributed by atoms with Gasteiger partial charge in [0.25, 0.3) is 0 Å². The zero-order chi connectivity index (χ0) is 16.9. The van der Waals surface area contributed by atoms with Crippen LogP contribution in [0.15, 0.2) is 10.6 Å². The summed E-state index contributed by atoms with van der Waals surface area (Å²) >= 11 is 0. The second kappa shape index (κ2) is 7.65. The highest BCUT2D eigenvalue weighted by Gasteiger charge is 2.26. The number of hydrogen-bond donors (Lipinski definition) is 1. The predicted octanol–water partition coefficient (Wildman–Crippen LogP) is 1.15. The number of likely N-dealkylation sites (tertiary alicyclic amines) is 1. The molecule has 0 aliphatic carbocycles. The number of urea groups is 1. The van der Waals surface area contributed by atoms with Crippen LogP contribution in [0.25, 0.3) is 0 Å². The Balaban J connectivity index is 1.41. The van der Waals surface area contributed by atoms with Crippen LogP contribution in [-0.2, 0) is 4.79 Å². The second-order valence-electron chi connectivity index (χ2n) is 6.47.